The Balaban J connectivity index is 4.53. The van der Waals surface area contributed by atoms with Crippen molar-refractivity contribution in [3.05, 3.63) is 24.3 Å². The predicted octanol–water partition coefficient (Wildman–Crippen LogP) is 10.2. The fourth-order valence-electron chi connectivity index (χ4n) is 5.45. The molecule has 0 aromatic carbocycles. The number of aliphatic hydroxyl groups is 1. The van der Waals surface area contributed by atoms with Crippen molar-refractivity contribution in [2.45, 2.75) is 180 Å². The number of nitrogens with one attached hydrogen (secondary N) is 1. The van der Waals surface area contributed by atoms with Gasteiger partial charge in [-0.2, -0.15) is 0 Å². The van der Waals surface area contributed by atoms with E-state index in [4.69, 9.17) is 9.05 Å². The molecular weight excluding hydrogens is 623 g/mol. The topological polar surface area (TPSA) is 105 Å². The second-order valence-electron chi connectivity index (χ2n) is 14.7. The fraction of sp³-hybridized carbons (Fsp3) is 0.872. The number of aliphatic hydroxyl groups excluding tert-OH is 1. The maximum absolute atomic E-state index is 12.8. The predicted molar refractivity (Wildman–Crippen MR) is 203 cm³/mol. The molecule has 9 heteroatoms. The number of carbonyl (C=O) groups excluding carboxylic acids is 1. The SMILES string of the molecule is CCCCCCC/C=C/CCCCCCCC(=O)N[C@@H](COP(=O)(O)OCC[N+](C)(C)C)[C@H](O)/C=C/CCCCCCCCCCCC. The number of nitrogens with zero attached hydrogens (tertiary/aromatic N) is 1. The Hall–Kier alpha value is -1.02. The first-order valence-electron chi connectivity index (χ1n) is 19.7. The average Bonchev–Trinajstić information content (AvgIpc) is 3.02. The molecule has 8 nitrogen and oxygen atoms in total. The van der Waals surface area contributed by atoms with Gasteiger partial charge in [-0.15, -0.1) is 0 Å². The molecule has 1 amide bonds. The average molecular weight is 702 g/mol. The number of amides is 1. The minimum atomic E-state index is -4.33. The number of carbonyl (C=O) groups is 1. The van der Waals surface area contributed by atoms with Crippen LogP contribution in [0, 0.1) is 0 Å². The summed E-state index contributed by atoms with van der Waals surface area (Å²) in [6.07, 6.45) is 35.2. The molecule has 0 saturated heterocycles. The second-order valence-corrected chi connectivity index (χ2v) is 16.1. The Kier molecular flexibility index (Phi) is 31.2. The molecule has 0 bridgehead atoms. The van der Waals surface area contributed by atoms with Crippen molar-refractivity contribution in [3.8, 4) is 0 Å². The third kappa shape index (κ3) is 33.5. The Morgan fingerprint density at radius 1 is 0.688 bits per heavy atom. The van der Waals surface area contributed by atoms with E-state index in [1.165, 1.54) is 96.3 Å². The molecule has 0 aromatic rings. The molecule has 0 aliphatic rings. The molecule has 48 heavy (non-hydrogen) atoms. The highest BCUT2D eigenvalue weighted by atomic mass is 31.2. The van der Waals surface area contributed by atoms with Crippen molar-refractivity contribution in [1.29, 1.82) is 0 Å². The lowest BCUT2D eigenvalue weighted by atomic mass is 10.1. The van der Waals surface area contributed by atoms with Gasteiger partial charge in [0.05, 0.1) is 39.9 Å². The lowest BCUT2D eigenvalue weighted by molar-refractivity contribution is -0.870. The first-order valence-corrected chi connectivity index (χ1v) is 21.2. The lowest BCUT2D eigenvalue weighted by Gasteiger charge is -2.25. The number of unbranched alkanes of at least 4 members (excludes halogenated alkanes) is 20. The van der Waals surface area contributed by atoms with E-state index in [-0.39, 0.29) is 19.1 Å². The maximum atomic E-state index is 12.8. The van der Waals surface area contributed by atoms with Gasteiger partial charge in [0, 0.05) is 6.42 Å². The number of quaternary nitrogens is 1. The van der Waals surface area contributed by atoms with Crippen molar-refractivity contribution in [1.82, 2.24) is 5.32 Å². The Labute approximate surface area is 296 Å². The summed E-state index contributed by atoms with van der Waals surface area (Å²) < 4.78 is 23.4. The molecule has 0 rings (SSSR count). The van der Waals surface area contributed by atoms with Crippen LogP contribution in [0.5, 0.6) is 0 Å². The zero-order valence-electron chi connectivity index (χ0n) is 32.0. The van der Waals surface area contributed by atoms with Crippen molar-refractivity contribution < 1.29 is 32.9 Å². The first kappa shape index (κ1) is 47.0. The van der Waals surface area contributed by atoms with Crippen LogP contribution in [0.15, 0.2) is 24.3 Å². The van der Waals surface area contributed by atoms with E-state index in [1.807, 2.05) is 27.2 Å². The highest BCUT2D eigenvalue weighted by molar-refractivity contribution is 7.47. The summed E-state index contributed by atoms with van der Waals surface area (Å²) in [6.45, 7) is 4.77. The quantitative estimate of drug-likeness (QED) is 0.0263. The molecule has 3 N–H and O–H groups in total. The normalized spacial score (nSPS) is 14.9. The molecule has 0 saturated carbocycles. The molecule has 1 unspecified atom stereocenters. The minimum Gasteiger partial charge on any atom is -0.387 e. The van der Waals surface area contributed by atoms with Crippen LogP contribution >= 0.6 is 7.82 Å². The molecule has 0 aromatic heterocycles. The molecule has 0 heterocycles. The smallest absolute Gasteiger partial charge is 0.387 e. The molecule has 0 aliphatic carbocycles. The van der Waals surface area contributed by atoms with Crippen LogP contribution in [0.2, 0.25) is 0 Å². The number of allylic oxidation sites excluding steroid dienone is 3. The number of phosphoric acid groups is 1. The van der Waals surface area contributed by atoms with Crippen LogP contribution < -0.4 is 5.32 Å². The van der Waals surface area contributed by atoms with E-state index < -0.39 is 20.0 Å². The number of hydrogen-bond acceptors (Lipinski definition) is 5. The van der Waals surface area contributed by atoms with Crippen LogP contribution in [0.3, 0.4) is 0 Å². The summed E-state index contributed by atoms with van der Waals surface area (Å²) in [7, 11) is 1.56. The molecule has 0 radical (unpaired) electrons. The van der Waals surface area contributed by atoms with Crippen LogP contribution in [0.25, 0.3) is 0 Å². The third-order valence-corrected chi connectivity index (χ3v) is 9.65. The second kappa shape index (κ2) is 31.9. The van der Waals surface area contributed by atoms with Crippen molar-refractivity contribution in [2.24, 2.45) is 0 Å². The molecule has 0 aliphatic heterocycles. The standard InChI is InChI=1S/C39H77N2O6P/c1-6-8-10-12-14-16-18-20-21-23-25-27-29-31-33-39(43)40-37(36-47-48(44,45)46-35-34-41(3,4)5)38(42)32-30-28-26-24-22-19-17-15-13-11-9-7-2/h18,20,30,32,37-38,42H,6-17,19,21-29,31,33-36H2,1-5H3,(H-,40,43,44,45)/p+1/b20-18+,32-30+/t37-,38+/m0/s1. The molecule has 284 valence electrons. The minimum absolute atomic E-state index is 0.0605. The van der Waals surface area contributed by atoms with Gasteiger partial charge in [0.2, 0.25) is 5.91 Å². The Morgan fingerprint density at radius 2 is 1.12 bits per heavy atom. The summed E-state index contributed by atoms with van der Waals surface area (Å²) in [5.41, 5.74) is 0. The van der Waals surface area contributed by atoms with Crippen molar-refractivity contribution in [2.75, 3.05) is 40.9 Å². The Morgan fingerprint density at radius 3 is 1.60 bits per heavy atom. The zero-order chi connectivity index (χ0) is 35.8. The van der Waals surface area contributed by atoms with Gasteiger partial charge in [-0.1, -0.05) is 141 Å². The van der Waals surface area contributed by atoms with Crippen LogP contribution in [-0.4, -0.2) is 73.4 Å². The zero-order valence-corrected chi connectivity index (χ0v) is 32.9. The van der Waals surface area contributed by atoms with E-state index in [0.717, 1.165) is 51.4 Å². The summed E-state index contributed by atoms with van der Waals surface area (Å²) in [6, 6.07) is -0.845. The monoisotopic (exact) mass is 702 g/mol. The summed E-state index contributed by atoms with van der Waals surface area (Å²) in [4.78, 5) is 23.0. The highest BCUT2D eigenvalue weighted by Crippen LogP contribution is 2.43. The summed E-state index contributed by atoms with van der Waals surface area (Å²) >= 11 is 0. The van der Waals surface area contributed by atoms with E-state index >= 15 is 0 Å². The largest absolute Gasteiger partial charge is 0.472 e. The Bertz CT molecular complexity index is 845. The molecule has 3 atom stereocenters. The van der Waals surface area contributed by atoms with Crippen LogP contribution in [0.1, 0.15) is 168 Å². The van der Waals surface area contributed by atoms with E-state index in [2.05, 4.69) is 31.3 Å². The fourth-order valence-corrected chi connectivity index (χ4v) is 6.18. The number of hydrogen-bond donors (Lipinski definition) is 3. The molecule has 0 fully saturated rings. The van der Waals surface area contributed by atoms with Crippen LogP contribution in [0.4, 0.5) is 0 Å². The molecule has 0 spiro atoms. The van der Waals surface area contributed by atoms with Crippen molar-refractivity contribution in [3.63, 3.8) is 0 Å². The molecular formula is C39H78N2O6P+. The highest BCUT2D eigenvalue weighted by Gasteiger charge is 2.27. The van der Waals surface area contributed by atoms with Gasteiger partial charge in [-0.25, -0.2) is 4.57 Å². The van der Waals surface area contributed by atoms with Gasteiger partial charge in [0.25, 0.3) is 0 Å². The van der Waals surface area contributed by atoms with E-state index in [9.17, 15) is 19.4 Å². The first-order chi connectivity index (χ1) is 23.0. The van der Waals surface area contributed by atoms with Crippen molar-refractivity contribution >= 4 is 13.7 Å². The maximum Gasteiger partial charge on any atom is 0.472 e. The van der Waals surface area contributed by atoms with E-state index in [0.29, 0.717) is 17.4 Å². The van der Waals surface area contributed by atoms with E-state index in [1.54, 1.807) is 6.08 Å². The summed E-state index contributed by atoms with van der Waals surface area (Å²) in [5, 5.41) is 13.7. The number of likely N-dealkylation sites (N-methyl/N-ethyl adjacent to an activating group) is 1. The van der Waals surface area contributed by atoms with Gasteiger partial charge in [0.15, 0.2) is 0 Å². The third-order valence-electron chi connectivity index (χ3n) is 8.67. The van der Waals surface area contributed by atoms with Gasteiger partial charge >= 0.3 is 7.82 Å². The van der Waals surface area contributed by atoms with Gasteiger partial charge in [0.1, 0.15) is 13.2 Å². The number of rotatable bonds is 35. The lowest BCUT2D eigenvalue weighted by Crippen LogP contribution is -2.45. The number of phosphoric ester groups is 1. The van der Waals surface area contributed by atoms with Gasteiger partial charge < -0.3 is 19.8 Å². The van der Waals surface area contributed by atoms with Gasteiger partial charge in [-0.3, -0.25) is 13.8 Å². The van der Waals surface area contributed by atoms with Crippen LogP contribution in [-0.2, 0) is 18.4 Å². The summed E-state index contributed by atoms with van der Waals surface area (Å²) in [5.74, 6) is -0.189. The van der Waals surface area contributed by atoms with Gasteiger partial charge in [-0.05, 0) is 44.9 Å².